The summed E-state index contributed by atoms with van der Waals surface area (Å²) in [6.45, 7) is 4.31. The molecule has 0 saturated heterocycles. The van der Waals surface area contributed by atoms with Gasteiger partial charge in [0.05, 0.1) is 12.5 Å². The van der Waals surface area contributed by atoms with Crippen molar-refractivity contribution in [3.63, 3.8) is 0 Å². The summed E-state index contributed by atoms with van der Waals surface area (Å²) in [6, 6.07) is 9.78. The quantitative estimate of drug-likeness (QED) is 0.731. The Hall–Kier alpha value is -1.50. The topological polar surface area (TPSA) is 13.1 Å². The van der Waals surface area contributed by atoms with E-state index < -0.39 is 0 Å². The lowest BCUT2D eigenvalue weighted by molar-refractivity contribution is 0.568. The maximum absolute atomic E-state index is 5.11. The van der Waals surface area contributed by atoms with E-state index in [0.29, 0.717) is 0 Å². The summed E-state index contributed by atoms with van der Waals surface area (Å²) in [4.78, 5) is 0. The lowest BCUT2D eigenvalue weighted by Crippen LogP contribution is -1.88. The molecule has 2 aromatic rings. The normalized spacial score (nSPS) is 10.5. The third kappa shape index (κ3) is 2.12. The number of hydrogen-bond acceptors (Lipinski definition) is 1. The van der Waals surface area contributed by atoms with E-state index in [-0.39, 0.29) is 0 Å². The van der Waals surface area contributed by atoms with Gasteiger partial charge in [-0.05, 0) is 41.7 Å². The highest BCUT2D eigenvalue weighted by molar-refractivity contribution is 5.63. The monoisotopic (exact) mass is 199 g/mol. The number of rotatable bonds is 3. The number of benzene rings is 1. The van der Waals surface area contributed by atoms with Crippen LogP contribution in [-0.2, 0) is 12.8 Å². The molecule has 0 atom stereocenters. The van der Waals surface area contributed by atoms with Crippen LogP contribution in [0.3, 0.4) is 0 Å². The molecule has 1 nitrogen and oxygen atoms in total. The van der Waals surface area contributed by atoms with E-state index in [0.717, 1.165) is 18.4 Å². The molecule has 1 aromatic carbocycles. The third-order valence-corrected chi connectivity index (χ3v) is 2.60. The first-order chi connectivity index (χ1) is 7.33. The average molecular weight is 199 g/mol. The summed E-state index contributed by atoms with van der Waals surface area (Å²) >= 11 is 0. The molecule has 0 spiro atoms. The van der Waals surface area contributed by atoms with Gasteiger partial charge in [-0.15, -0.1) is 0 Å². The van der Waals surface area contributed by atoms with E-state index >= 15 is 0 Å². The van der Waals surface area contributed by atoms with Crippen molar-refractivity contribution in [2.75, 3.05) is 0 Å². The highest BCUT2D eigenvalue weighted by atomic mass is 16.3. The van der Waals surface area contributed by atoms with Crippen LogP contribution < -0.4 is 0 Å². The fraction of sp³-hybridized carbons (Fsp3) is 0.286. The van der Waals surface area contributed by atoms with Gasteiger partial charge in [-0.1, -0.05) is 26.0 Å². The fourth-order valence-corrected chi connectivity index (χ4v) is 1.67. The molecule has 1 radical (unpaired) electrons. The molecular weight excluding hydrogens is 184 g/mol. The Morgan fingerprint density at radius 2 is 1.73 bits per heavy atom. The van der Waals surface area contributed by atoms with E-state index in [9.17, 15) is 0 Å². The zero-order valence-electron chi connectivity index (χ0n) is 9.21. The Bertz CT molecular complexity index is 404. The van der Waals surface area contributed by atoms with Crippen LogP contribution >= 0.6 is 0 Å². The lowest BCUT2D eigenvalue weighted by Gasteiger charge is -2.05. The summed E-state index contributed by atoms with van der Waals surface area (Å²) in [5.41, 5.74) is 4.92. The Balaban J connectivity index is 2.47. The SMILES string of the molecule is CCc1[c]c(CC)cc(-c2ccoc2)c1. The minimum Gasteiger partial charge on any atom is -0.472 e. The molecule has 2 rings (SSSR count). The second-order valence-corrected chi connectivity index (χ2v) is 3.64. The molecule has 1 aromatic heterocycles. The Kier molecular flexibility index (Phi) is 2.91. The Morgan fingerprint density at radius 1 is 1.07 bits per heavy atom. The summed E-state index contributed by atoms with van der Waals surface area (Å²) in [7, 11) is 0. The summed E-state index contributed by atoms with van der Waals surface area (Å²) in [6.07, 6.45) is 5.55. The molecule has 0 saturated carbocycles. The van der Waals surface area contributed by atoms with Gasteiger partial charge in [-0.25, -0.2) is 0 Å². The molecule has 0 aliphatic rings. The van der Waals surface area contributed by atoms with Crippen LogP contribution in [0.15, 0.2) is 35.1 Å². The van der Waals surface area contributed by atoms with E-state index in [2.05, 4.69) is 32.0 Å². The molecule has 0 aliphatic heterocycles. The molecule has 15 heavy (non-hydrogen) atoms. The van der Waals surface area contributed by atoms with Gasteiger partial charge >= 0.3 is 0 Å². The standard InChI is InChI=1S/C14H15O/c1-3-11-7-12(4-2)9-14(8-11)13-5-6-15-10-13/h5-6,8-10H,3-4H2,1-2H3. The molecule has 1 heterocycles. The first kappa shape index (κ1) is 10.0. The molecule has 1 heteroatoms. The highest BCUT2D eigenvalue weighted by Gasteiger charge is 2.03. The molecule has 0 amide bonds. The van der Waals surface area contributed by atoms with Crippen molar-refractivity contribution in [2.45, 2.75) is 26.7 Å². The molecule has 0 bridgehead atoms. The van der Waals surface area contributed by atoms with Gasteiger partial charge < -0.3 is 4.42 Å². The molecule has 0 fully saturated rings. The van der Waals surface area contributed by atoms with Crippen LogP contribution in [0.1, 0.15) is 25.0 Å². The van der Waals surface area contributed by atoms with Crippen molar-refractivity contribution in [1.82, 2.24) is 0 Å². The zero-order chi connectivity index (χ0) is 10.7. The molecular formula is C14H15O. The van der Waals surface area contributed by atoms with Crippen LogP contribution in [0, 0.1) is 6.07 Å². The molecule has 0 aliphatic carbocycles. The van der Waals surface area contributed by atoms with Crippen LogP contribution in [0.2, 0.25) is 0 Å². The number of aryl methyl sites for hydroxylation is 2. The minimum absolute atomic E-state index is 1.03. The second-order valence-electron chi connectivity index (χ2n) is 3.64. The second kappa shape index (κ2) is 4.35. The van der Waals surface area contributed by atoms with E-state index in [1.165, 1.54) is 16.7 Å². The van der Waals surface area contributed by atoms with Gasteiger partial charge in [0.15, 0.2) is 0 Å². The van der Waals surface area contributed by atoms with Crippen LogP contribution in [0.5, 0.6) is 0 Å². The van der Waals surface area contributed by atoms with Gasteiger partial charge in [0.25, 0.3) is 0 Å². The first-order valence-electron chi connectivity index (χ1n) is 5.41. The first-order valence-corrected chi connectivity index (χ1v) is 5.41. The van der Waals surface area contributed by atoms with Crippen molar-refractivity contribution < 1.29 is 4.42 Å². The van der Waals surface area contributed by atoms with Gasteiger partial charge in [0.1, 0.15) is 0 Å². The Labute approximate surface area is 90.7 Å². The van der Waals surface area contributed by atoms with Crippen LogP contribution in [-0.4, -0.2) is 0 Å². The van der Waals surface area contributed by atoms with Crippen molar-refractivity contribution in [2.24, 2.45) is 0 Å². The molecule has 77 valence electrons. The van der Waals surface area contributed by atoms with Gasteiger partial charge in [-0.2, -0.15) is 0 Å². The number of furan rings is 1. The smallest absolute Gasteiger partial charge is 0.0980 e. The van der Waals surface area contributed by atoms with Crippen molar-refractivity contribution in [3.8, 4) is 11.1 Å². The van der Waals surface area contributed by atoms with Crippen LogP contribution in [0.4, 0.5) is 0 Å². The van der Waals surface area contributed by atoms with E-state index in [1.807, 2.05) is 6.07 Å². The van der Waals surface area contributed by atoms with Crippen molar-refractivity contribution in [1.29, 1.82) is 0 Å². The zero-order valence-corrected chi connectivity index (χ0v) is 9.21. The maximum Gasteiger partial charge on any atom is 0.0980 e. The van der Waals surface area contributed by atoms with Crippen molar-refractivity contribution in [3.05, 3.63) is 47.9 Å². The van der Waals surface area contributed by atoms with Crippen molar-refractivity contribution >= 4 is 0 Å². The summed E-state index contributed by atoms with van der Waals surface area (Å²) in [5, 5.41) is 0. The van der Waals surface area contributed by atoms with E-state index in [1.54, 1.807) is 12.5 Å². The maximum atomic E-state index is 5.11. The van der Waals surface area contributed by atoms with E-state index in [4.69, 9.17) is 4.42 Å². The summed E-state index contributed by atoms with van der Waals surface area (Å²) in [5.74, 6) is 0. The Morgan fingerprint density at radius 3 is 2.20 bits per heavy atom. The third-order valence-electron chi connectivity index (χ3n) is 2.60. The summed E-state index contributed by atoms with van der Waals surface area (Å²) < 4.78 is 5.11. The lowest BCUT2D eigenvalue weighted by atomic mass is 9.99. The van der Waals surface area contributed by atoms with Gasteiger partial charge in [0.2, 0.25) is 0 Å². The number of hydrogen-bond donors (Lipinski definition) is 0. The van der Waals surface area contributed by atoms with Crippen LogP contribution in [0.25, 0.3) is 11.1 Å². The minimum atomic E-state index is 1.03. The fourth-order valence-electron chi connectivity index (χ4n) is 1.67. The predicted molar refractivity (Wildman–Crippen MR) is 61.7 cm³/mol. The van der Waals surface area contributed by atoms with Gasteiger partial charge in [0, 0.05) is 5.56 Å². The highest BCUT2D eigenvalue weighted by Crippen LogP contribution is 2.23. The average Bonchev–Trinajstić information content (AvgIpc) is 2.81. The predicted octanol–water partition coefficient (Wildman–Crippen LogP) is 3.87. The largest absolute Gasteiger partial charge is 0.472 e. The van der Waals surface area contributed by atoms with Gasteiger partial charge in [-0.3, -0.25) is 0 Å². The molecule has 0 N–H and O–H groups in total. The molecule has 0 unspecified atom stereocenters.